The Bertz CT molecular complexity index is 295. The average Bonchev–Trinajstić information content (AvgIpc) is 3.15. The highest BCUT2D eigenvalue weighted by atomic mass is 16.3. The van der Waals surface area contributed by atoms with Crippen LogP contribution in [0.2, 0.25) is 0 Å². The fourth-order valence-corrected chi connectivity index (χ4v) is 1.96. The first kappa shape index (κ1) is 11.6. The van der Waals surface area contributed by atoms with E-state index in [0.717, 1.165) is 18.9 Å². The maximum atomic E-state index is 9.27. The summed E-state index contributed by atoms with van der Waals surface area (Å²) in [5.74, 6) is 0.951. The third kappa shape index (κ3) is 3.95. The molecule has 1 unspecified atom stereocenters. The van der Waals surface area contributed by atoms with E-state index in [1.807, 2.05) is 6.07 Å². The summed E-state index contributed by atoms with van der Waals surface area (Å²) in [6.07, 6.45) is 5.18. The zero-order valence-corrected chi connectivity index (χ0v) is 9.73. The molecule has 1 aromatic carbocycles. The molecule has 0 saturated heterocycles. The van der Waals surface area contributed by atoms with Crippen LogP contribution in [0, 0.1) is 5.92 Å². The summed E-state index contributed by atoms with van der Waals surface area (Å²) < 4.78 is 0. The summed E-state index contributed by atoms with van der Waals surface area (Å²) in [6, 6.07) is 10.6. The van der Waals surface area contributed by atoms with Crippen LogP contribution in [-0.2, 0) is 6.54 Å². The van der Waals surface area contributed by atoms with Gasteiger partial charge < -0.3 is 10.4 Å². The van der Waals surface area contributed by atoms with Gasteiger partial charge in [0.25, 0.3) is 0 Å². The van der Waals surface area contributed by atoms with Crippen molar-refractivity contribution in [3.8, 4) is 0 Å². The van der Waals surface area contributed by atoms with Gasteiger partial charge in [0.05, 0.1) is 6.61 Å². The van der Waals surface area contributed by atoms with Crippen LogP contribution in [0.3, 0.4) is 0 Å². The van der Waals surface area contributed by atoms with Crippen molar-refractivity contribution in [3.63, 3.8) is 0 Å². The Labute approximate surface area is 97.7 Å². The predicted octanol–water partition coefficient (Wildman–Crippen LogP) is 2.33. The molecule has 0 aromatic heterocycles. The lowest BCUT2D eigenvalue weighted by Crippen LogP contribution is -2.32. The van der Waals surface area contributed by atoms with Gasteiger partial charge in [0.15, 0.2) is 0 Å². The zero-order chi connectivity index (χ0) is 11.2. The molecule has 0 radical (unpaired) electrons. The van der Waals surface area contributed by atoms with Crippen LogP contribution in [-0.4, -0.2) is 17.8 Å². The monoisotopic (exact) mass is 219 g/mol. The van der Waals surface area contributed by atoms with Crippen LogP contribution in [0.25, 0.3) is 0 Å². The Balaban J connectivity index is 1.69. The van der Waals surface area contributed by atoms with E-state index in [1.54, 1.807) is 0 Å². The molecule has 1 fully saturated rings. The van der Waals surface area contributed by atoms with Gasteiger partial charge in [-0.2, -0.15) is 0 Å². The van der Waals surface area contributed by atoms with E-state index in [2.05, 4.69) is 29.6 Å². The molecular formula is C14H21NO. The molecule has 1 aliphatic carbocycles. The van der Waals surface area contributed by atoms with Crippen molar-refractivity contribution in [2.24, 2.45) is 5.92 Å². The minimum absolute atomic E-state index is 0.250. The molecule has 1 atom stereocenters. The number of hydrogen-bond acceptors (Lipinski definition) is 2. The topological polar surface area (TPSA) is 32.3 Å². The highest BCUT2D eigenvalue weighted by Gasteiger charge is 2.22. The van der Waals surface area contributed by atoms with Gasteiger partial charge in [-0.05, 0) is 24.3 Å². The smallest absolute Gasteiger partial charge is 0.0584 e. The Morgan fingerprint density at radius 2 is 2.00 bits per heavy atom. The largest absolute Gasteiger partial charge is 0.395 e. The Hall–Kier alpha value is -0.860. The molecule has 88 valence electrons. The molecule has 1 aromatic rings. The maximum absolute atomic E-state index is 9.27. The summed E-state index contributed by atoms with van der Waals surface area (Å²) >= 11 is 0. The lowest BCUT2D eigenvalue weighted by atomic mass is 10.1. The predicted molar refractivity (Wildman–Crippen MR) is 66.1 cm³/mol. The standard InChI is InChI=1S/C14H21NO/c16-11-14(9-8-12-6-7-12)15-10-13-4-2-1-3-5-13/h1-5,12,14-16H,6-11H2. The SMILES string of the molecule is OCC(CCC1CC1)NCc1ccccc1. The first-order valence-corrected chi connectivity index (χ1v) is 6.26. The van der Waals surface area contributed by atoms with E-state index in [1.165, 1.54) is 24.8 Å². The normalized spacial score (nSPS) is 17.3. The van der Waals surface area contributed by atoms with E-state index >= 15 is 0 Å². The molecule has 2 heteroatoms. The number of nitrogens with one attached hydrogen (secondary N) is 1. The van der Waals surface area contributed by atoms with Crippen LogP contribution >= 0.6 is 0 Å². The quantitative estimate of drug-likeness (QED) is 0.737. The number of aliphatic hydroxyl groups is 1. The lowest BCUT2D eigenvalue weighted by molar-refractivity contribution is 0.231. The molecule has 0 heterocycles. The number of rotatable bonds is 7. The molecule has 2 N–H and O–H groups in total. The van der Waals surface area contributed by atoms with E-state index < -0.39 is 0 Å². The number of aliphatic hydroxyl groups excluding tert-OH is 1. The molecule has 2 rings (SSSR count). The van der Waals surface area contributed by atoms with Crippen molar-refractivity contribution < 1.29 is 5.11 Å². The van der Waals surface area contributed by atoms with E-state index in [9.17, 15) is 5.11 Å². The Morgan fingerprint density at radius 1 is 1.25 bits per heavy atom. The highest BCUT2D eigenvalue weighted by molar-refractivity contribution is 5.14. The molecule has 0 spiro atoms. The molecule has 16 heavy (non-hydrogen) atoms. The molecule has 0 aliphatic heterocycles. The van der Waals surface area contributed by atoms with Crippen LogP contribution in [0.1, 0.15) is 31.2 Å². The van der Waals surface area contributed by atoms with E-state index in [-0.39, 0.29) is 12.6 Å². The summed E-state index contributed by atoms with van der Waals surface area (Å²) in [7, 11) is 0. The van der Waals surface area contributed by atoms with Gasteiger partial charge in [0.2, 0.25) is 0 Å². The minimum Gasteiger partial charge on any atom is -0.395 e. The van der Waals surface area contributed by atoms with Crippen molar-refractivity contribution in [1.82, 2.24) is 5.32 Å². The zero-order valence-electron chi connectivity index (χ0n) is 9.73. The second-order valence-electron chi connectivity index (χ2n) is 4.77. The summed E-state index contributed by atoms with van der Waals surface area (Å²) in [6.45, 7) is 1.11. The van der Waals surface area contributed by atoms with Crippen LogP contribution < -0.4 is 5.32 Å². The van der Waals surface area contributed by atoms with Gasteiger partial charge in [-0.25, -0.2) is 0 Å². The van der Waals surface area contributed by atoms with Crippen molar-refractivity contribution >= 4 is 0 Å². The van der Waals surface area contributed by atoms with Gasteiger partial charge in [-0.15, -0.1) is 0 Å². The van der Waals surface area contributed by atoms with Gasteiger partial charge in [0.1, 0.15) is 0 Å². The third-order valence-corrected chi connectivity index (χ3v) is 3.28. The summed E-state index contributed by atoms with van der Waals surface area (Å²) in [4.78, 5) is 0. The lowest BCUT2D eigenvalue weighted by Gasteiger charge is -2.16. The Kier molecular flexibility index (Phi) is 4.37. The van der Waals surface area contributed by atoms with Crippen molar-refractivity contribution in [2.45, 2.75) is 38.3 Å². The van der Waals surface area contributed by atoms with E-state index in [0.29, 0.717) is 0 Å². The first-order valence-electron chi connectivity index (χ1n) is 6.26. The average molecular weight is 219 g/mol. The van der Waals surface area contributed by atoms with Crippen molar-refractivity contribution in [1.29, 1.82) is 0 Å². The van der Waals surface area contributed by atoms with Gasteiger partial charge in [-0.1, -0.05) is 43.2 Å². The number of hydrogen-bond donors (Lipinski definition) is 2. The molecule has 2 nitrogen and oxygen atoms in total. The van der Waals surface area contributed by atoms with Gasteiger partial charge >= 0.3 is 0 Å². The molecule has 0 bridgehead atoms. The fourth-order valence-electron chi connectivity index (χ4n) is 1.96. The molecule has 1 aliphatic rings. The first-order chi connectivity index (χ1) is 7.88. The van der Waals surface area contributed by atoms with Crippen LogP contribution in [0.15, 0.2) is 30.3 Å². The second kappa shape index (κ2) is 6.02. The van der Waals surface area contributed by atoms with Gasteiger partial charge in [-0.3, -0.25) is 0 Å². The summed E-state index contributed by atoms with van der Waals surface area (Å²) in [5.41, 5.74) is 1.28. The van der Waals surface area contributed by atoms with Crippen LogP contribution in [0.5, 0.6) is 0 Å². The fraction of sp³-hybridized carbons (Fsp3) is 0.571. The maximum Gasteiger partial charge on any atom is 0.0584 e. The van der Waals surface area contributed by atoms with Crippen LogP contribution in [0.4, 0.5) is 0 Å². The highest BCUT2D eigenvalue weighted by Crippen LogP contribution is 2.33. The van der Waals surface area contributed by atoms with E-state index in [4.69, 9.17) is 0 Å². The molecule has 1 saturated carbocycles. The van der Waals surface area contributed by atoms with Crippen molar-refractivity contribution in [2.75, 3.05) is 6.61 Å². The Morgan fingerprint density at radius 3 is 2.62 bits per heavy atom. The number of benzene rings is 1. The van der Waals surface area contributed by atoms with Gasteiger partial charge in [0, 0.05) is 12.6 Å². The second-order valence-corrected chi connectivity index (χ2v) is 4.77. The minimum atomic E-state index is 0.250. The molecule has 0 amide bonds. The third-order valence-electron chi connectivity index (χ3n) is 3.28. The molecular weight excluding hydrogens is 198 g/mol. The van der Waals surface area contributed by atoms with Crippen molar-refractivity contribution in [3.05, 3.63) is 35.9 Å². The summed E-state index contributed by atoms with van der Waals surface area (Å²) in [5, 5.41) is 12.7.